The number of aliphatic hydroxyl groups excluding tert-OH is 1. The fourth-order valence-electron chi connectivity index (χ4n) is 1.92. The van der Waals surface area contributed by atoms with Crippen LogP contribution < -0.4 is 5.73 Å². The number of nitrogens with two attached hydrogens (primary N) is 1. The van der Waals surface area contributed by atoms with Crippen molar-refractivity contribution in [2.24, 2.45) is 5.73 Å². The van der Waals surface area contributed by atoms with Gasteiger partial charge in [0.1, 0.15) is 5.82 Å². The van der Waals surface area contributed by atoms with Crippen LogP contribution >= 0.6 is 0 Å². The van der Waals surface area contributed by atoms with E-state index in [1.807, 2.05) is 13.0 Å². The molecule has 0 spiro atoms. The Kier molecular flexibility index (Phi) is 4.24. The molecule has 1 atom stereocenters. The molecule has 0 aliphatic heterocycles. The number of rotatable bonds is 5. The van der Waals surface area contributed by atoms with Crippen molar-refractivity contribution < 1.29 is 9.50 Å². The number of halogens is 1. The van der Waals surface area contributed by atoms with Gasteiger partial charge in [-0.15, -0.1) is 0 Å². The molecule has 0 saturated heterocycles. The third-order valence-corrected chi connectivity index (χ3v) is 3.09. The van der Waals surface area contributed by atoms with Crippen LogP contribution in [0, 0.1) is 5.82 Å². The van der Waals surface area contributed by atoms with Crippen molar-refractivity contribution in [1.82, 2.24) is 0 Å². The Hall–Kier alpha value is -0.930. The first-order chi connectivity index (χ1) is 7.18. The van der Waals surface area contributed by atoms with Crippen LogP contribution in [0.1, 0.15) is 25.3 Å². The van der Waals surface area contributed by atoms with E-state index in [9.17, 15) is 4.39 Å². The van der Waals surface area contributed by atoms with Crippen molar-refractivity contribution in [3.63, 3.8) is 0 Å². The van der Waals surface area contributed by atoms with E-state index in [1.54, 1.807) is 6.07 Å². The minimum atomic E-state index is -0.295. The Morgan fingerprint density at radius 1 is 1.47 bits per heavy atom. The van der Waals surface area contributed by atoms with Crippen LogP contribution in [-0.2, 0) is 5.41 Å². The lowest BCUT2D eigenvalue weighted by atomic mass is 9.75. The first-order valence-corrected chi connectivity index (χ1v) is 5.25. The summed E-state index contributed by atoms with van der Waals surface area (Å²) in [4.78, 5) is 0. The predicted molar refractivity (Wildman–Crippen MR) is 59.1 cm³/mol. The highest BCUT2D eigenvalue weighted by atomic mass is 19.1. The molecule has 84 valence electrons. The Balaban J connectivity index is 3.07. The maximum absolute atomic E-state index is 13.1. The molecule has 1 aromatic carbocycles. The van der Waals surface area contributed by atoms with Crippen LogP contribution in [0.2, 0.25) is 0 Å². The Morgan fingerprint density at radius 2 is 2.20 bits per heavy atom. The number of benzene rings is 1. The average molecular weight is 211 g/mol. The lowest BCUT2D eigenvalue weighted by Crippen LogP contribution is -2.35. The van der Waals surface area contributed by atoms with Crippen molar-refractivity contribution in [3.8, 4) is 0 Å². The Labute approximate surface area is 89.9 Å². The molecule has 3 heteroatoms. The van der Waals surface area contributed by atoms with E-state index < -0.39 is 0 Å². The van der Waals surface area contributed by atoms with Gasteiger partial charge in [-0.05, 0) is 30.5 Å². The fraction of sp³-hybridized carbons (Fsp3) is 0.500. The van der Waals surface area contributed by atoms with Crippen molar-refractivity contribution in [2.75, 3.05) is 13.2 Å². The van der Waals surface area contributed by atoms with Gasteiger partial charge in [0.05, 0.1) is 0 Å². The highest BCUT2D eigenvalue weighted by Gasteiger charge is 2.28. The molecule has 0 fully saturated rings. The molecule has 15 heavy (non-hydrogen) atoms. The van der Waals surface area contributed by atoms with Gasteiger partial charge in [0.15, 0.2) is 0 Å². The quantitative estimate of drug-likeness (QED) is 0.780. The van der Waals surface area contributed by atoms with Gasteiger partial charge in [-0.2, -0.15) is 0 Å². The molecule has 3 N–H and O–H groups in total. The summed E-state index contributed by atoms with van der Waals surface area (Å²) >= 11 is 0. The van der Waals surface area contributed by atoms with Crippen LogP contribution in [0.5, 0.6) is 0 Å². The van der Waals surface area contributed by atoms with Gasteiger partial charge in [-0.1, -0.05) is 19.1 Å². The van der Waals surface area contributed by atoms with E-state index in [0.717, 1.165) is 12.0 Å². The molecule has 1 aromatic rings. The topological polar surface area (TPSA) is 46.2 Å². The summed E-state index contributed by atoms with van der Waals surface area (Å²) < 4.78 is 13.1. The zero-order valence-corrected chi connectivity index (χ0v) is 9.04. The second-order valence-electron chi connectivity index (χ2n) is 3.82. The smallest absolute Gasteiger partial charge is 0.123 e. The van der Waals surface area contributed by atoms with Crippen molar-refractivity contribution >= 4 is 0 Å². The third-order valence-electron chi connectivity index (χ3n) is 3.09. The van der Waals surface area contributed by atoms with Gasteiger partial charge in [0, 0.05) is 18.6 Å². The lowest BCUT2D eigenvalue weighted by Gasteiger charge is -2.31. The lowest BCUT2D eigenvalue weighted by molar-refractivity contribution is 0.234. The van der Waals surface area contributed by atoms with Crippen LogP contribution in [0.15, 0.2) is 24.3 Å². The average Bonchev–Trinajstić information content (AvgIpc) is 2.26. The molecule has 0 bridgehead atoms. The fourth-order valence-corrected chi connectivity index (χ4v) is 1.92. The van der Waals surface area contributed by atoms with Gasteiger partial charge in [0.2, 0.25) is 0 Å². The largest absolute Gasteiger partial charge is 0.396 e. The maximum Gasteiger partial charge on any atom is 0.123 e. The van der Waals surface area contributed by atoms with Crippen molar-refractivity contribution in [3.05, 3.63) is 35.6 Å². The predicted octanol–water partition coefficient (Wildman–Crippen LogP) is 1.81. The van der Waals surface area contributed by atoms with Crippen LogP contribution in [-0.4, -0.2) is 18.3 Å². The summed E-state index contributed by atoms with van der Waals surface area (Å²) in [7, 11) is 0. The minimum Gasteiger partial charge on any atom is -0.396 e. The molecule has 1 rings (SSSR count). The maximum atomic E-state index is 13.1. The summed E-state index contributed by atoms with van der Waals surface area (Å²) in [6, 6.07) is 6.47. The van der Waals surface area contributed by atoms with Gasteiger partial charge in [0.25, 0.3) is 0 Å². The number of hydrogen-bond acceptors (Lipinski definition) is 2. The first-order valence-electron chi connectivity index (χ1n) is 5.25. The van der Waals surface area contributed by atoms with Crippen molar-refractivity contribution in [2.45, 2.75) is 25.2 Å². The number of hydrogen-bond donors (Lipinski definition) is 2. The SMILES string of the molecule is CCC(CN)(CCO)c1cccc(F)c1. The summed E-state index contributed by atoms with van der Waals surface area (Å²) in [5.41, 5.74) is 6.33. The molecule has 0 aromatic heterocycles. The molecule has 2 nitrogen and oxygen atoms in total. The first kappa shape index (κ1) is 12.1. The van der Waals surface area contributed by atoms with Crippen LogP contribution in [0.3, 0.4) is 0 Å². The van der Waals surface area contributed by atoms with Gasteiger partial charge >= 0.3 is 0 Å². The third kappa shape index (κ3) is 2.55. The van der Waals surface area contributed by atoms with E-state index in [1.165, 1.54) is 12.1 Å². The molecule has 1 unspecified atom stereocenters. The number of aliphatic hydroxyl groups is 1. The zero-order chi connectivity index (χ0) is 11.3. The Bertz CT molecular complexity index is 310. The van der Waals surface area contributed by atoms with Gasteiger partial charge < -0.3 is 10.8 Å². The van der Waals surface area contributed by atoms with Crippen molar-refractivity contribution in [1.29, 1.82) is 0 Å². The van der Waals surface area contributed by atoms with E-state index in [4.69, 9.17) is 10.8 Å². The molecular weight excluding hydrogens is 193 g/mol. The normalized spacial score (nSPS) is 14.9. The van der Waals surface area contributed by atoms with E-state index in [0.29, 0.717) is 13.0 Å². The van der Waals surface area contributed by atoms with Gasteiger partial charge in [-0.3, -0.25) is 0 Å². The second-order valence-corrected chi connectivity index (χ2v) is 3.82. The summed E-state index contributed by atoms with van der Waals surface area (Å²) in [6.07, 6.45) is 1.37. The molecule has 0 heterocycles. The minimum absolute atomic E-state index is 0.0710. The molecule has 0 radical (unpaired) electrons. The van der Waals surface area contributed by atoms with E-state index >= 15 is 0 Å². The monoisotopic (exact) mass is 211 g/mol. The molecular formula is C12H18FNO. The summed E-state index contributed by atoms with van der Waals surface area (Å²) in [6.45, 7) is 2.50. The molecule has 0 aliphatic carbocycles. The molecule has 0 amide bonds. The highest BCUT2D eigenvalue weighted by molar-refractivity contribution is 5.26. The molecule has 0 saturated carbocycles. The second kappa shape index (κ2) is 5.24. The van der Waals surface area contributed by atoms with E-state index in [-0.39, 0.29) is 17.8 Å². The van der Waals surface area contributed by atoms with E-state index in [2.05, 4.69) is 0 Å². The standard InChI is InChI=1S/C12H18FNO/c1-2-12(9-14,6-7-15)10-4-3-5-11(13)8-10/h3-5,8,15H,2,6-7,9,14H2,1H3. The highest BCUT2D eigenvalue weighted by Crippen LogP contribution is 2.30. The zero-order valence-electron chi connectivity index (χ0n) is 9.04. The Morgan fingerprint density at radius 3 is 2.67 bits per heavy atom. The summed E-state index contributed by atoms with van der Waals surface area (Å²) in [5, 5.41) is 9.05. The van der Waals surface area contributed by atoms with Crippen LogP contribution in [0.4, 0.5) is 4.39 Å². The van der Waals surface area contributed by atoms with Gasteiger partial charge in [-0.25, -0.2) is 4.39 Å². The summed E-state index contributed by atoms with van der Waals surface area (Å²) in [5.74, 6) is -0.253. The van der Waals surface area contributed by atoms with Crippen LogP contribution in [0.25, 0.3) is 0 Å². The molecule has 0 aliphatic rings.